The fourth-order valence-corrected chi connectivity index (χ4v) is 2.84. The summed E-state index contributed by atoms with van der Waals surface area (Å²) in [5, 5.41) is 18.1. The summed E-state index contributed by atoms with van der Waals surface area (Å²) in [5.74, 6) is 2.65. The molecule has 1 aromatic carbocycles. The van der Waals surface area contributed by atoms with Gasteiger partial charge in [0.2, 0.25) is 5.89 Å². The van der Waals surface area contributed by atoms with Crippen molar-refractivity contribution < 1.29 is 14.2 Å². The smallest absolute Gasteiger partial charge is 0.311 e. The first kappa shape index (κ1) is 18.2. The standard InChI is InChI=1S/C15H20N4O4S/c1-10(16-2)6-14-17-15(23-18-14)9-24-8-11-4-5-13(22-3)12(7-11)19(20)21/h4-5,7,10,16H,6,8-9H2,1-3H3. The van der Waals surface area contributed by atoms with Crippen molar-refractivity contribution in [3.63, 3.8) is 0 Å². The van der Waals surface area contributed by atoms with Gasteiger partial charge in [0.05, 0.1) is 17.8 Å². The van der Waals surface area contributed by atoms with Crippen LogP contribution in [0.3, 0.4) is 0 Å². The van der Waals surface area contributed by atoms with Crippen molar-refractivity contribution in [3.8, 4) is 5.75 Å². The Morgan fingerprint density at radius 1 is 1.46 bits per heavy atom. The zero-order valence-corrected chi connectivity index (χ0v) is 14.6. The van der Waals surface area contributed by atoms with Gasteiger partial charge in [0.15, 0.2) is 11.6 Å². The molecule has 0 aliphatic rings. The average molecular weight is 352 g/mol. The topological polar surface area (TPSA) is 103 Å². The molecule has 2 aromatic rings. The average Bonchev–Trinajstić information content (AvgIpc) is 3.01. The van der Waals surface area contributed by atoms with E-state index in [-0.39, 0.29) is 17.5 Å². The lowest BCUT2D eigenvalue weighted by molar-refractivity contribution is -0.385. The minimum atomic E-state index is -0.444. The molecule has 9 heteroatoms. The number of nitro benzene ring substituents is 1. The lowest BCUT2D eigenvalue weighted by Gasteiger charge is -2.05. The van der Waals surface area contributed by atoms with Gasteiger partial charge in [-0.05, 0) is 25.6 Å². The van der Waals surface area contributed by atoms with Crippen LogP contribution in [0.2, 0.25) is 0 Å². The highest BCUT2D eigenvalue weighted by atomic mass is 32.2. The molecule has 0 aliphatic heterocycles. The maximum absolute atomic E-state index is 11.0. The van der Waals surface area contributed by atoms with Gasteiger partial charge in [-0.15, -0.1) is 11.8 Å². The van der Waals surface area contributed by atoms with E-state index in [4.69, 9.17) is 9.26 Å². The number of methoxy groups -OCH3 is 1. The van der Waals surface area contributed by atoms with Crippen LogP contribution in [-0.4, -0.2) is 35.3 Å². The molecule has 1 aromatic heterocycles. The Hall–Kier alpha value is -2.13. The molecular formula is C15H20N4O4S. The molecule has 0 radical (unpaired) electrons. The van der Waals surface area contributed by atoms with Gasteiger partial charge >= 0.3 is 5.69 Å². The Morgan fingerprint density at radius 2 is 2.25 bits per heavy atom. The van der Waals surface area contributed by atoms with Gasteiger partial charge in [0.25, 0.3) is 0 Å². The molecule has 2 rings (SSSR count). The van der Waals surface area contributed by atoms with Crippen LogP contribution in [0, 0.1) is 10.1 Å². The third-order valence-corrected chi connectivity index (χ3v) is 4.41. The van der Waals surface area contributed by atoms with Gasteiger partial charge in [-0.1, -0.05) is 11.2 Å². The van der Waals surface area contributed by atoms with Crippen LogP contribution in [0.5, 0.6) is 5.75 Å². The summed E-state index contributed by atoms with van der Waals surface area (Å²) in [4.78, 5) is 14.9. The fraction of sp³-hybridized carbons (Fsp3) is 0.467. The molecule has 24 heavy (non-hydrogen) atoms. The van der Waals surface area contributed by atoms with E-state index >= 15 is 0 Å². The first-order chi connectivity index (χ1) is 11.5. The highest BCUT2D eigenvalue weighted by Crippen LogP contribution is 2.29. The number of aromatic nitrogens is 2. The number of hydrogen-bond donors (Lipinski definition) is 1. The summed E-state index contributed by atoms with van der Waals surface area (Å²) < 4.78 is 10.2. The third-order valence-electron chi connectivity index (χ3n) is 3.43. The van der Waals surface area contributed by atoms with Crippen molar-refractivity contribution in [3.05, 3.63) is 45.6 Å². The maximum Gasteiger partial charge on any atom is 0.311 e. The van der Waals surface area contributed by atoms with E-state index in [9.17, 15) is 10.1 Å². The highest BCUT2D eigenvalue weighted by molar-refractivity contribution is 7.97. The molecule has 0 spiro atoms. The normalized spacial score (nSPS) is 12.1. The zero-order valence-electron chi connectivity index (χ0n) is 13.8. The molecule has 130 valence electrons. The second-order valence-electron chi connectivity index (χ2n) is 5.25. The van der Waals surface area contributed by atoms with E-state index in [2.05, 4.69) is 15.5 Å². The Morgan fingerprint density at radius 3 is 2.92 bits per heavy atom. The van der Waals surface area contributed by atoms with E-state index in [1.54, 1.807) is 17.8 Å². The van der Waals surface area contributed by atoms with E-state index in [0.29, 0.717) is 29.6 Å². The Bertz CT molecular complexity index is 692. The summed E-state index contributed by atoms with van der Waals surface area (Å²) in [5.41, 5.74) is 0.813. The monoisotopic (exact) mass is 352 g/mol. The predicted molar refractivity (Wildman–Crippen MR) is 91.2 cm³/mol. The number of benzene rings is 1. The molecule has 1 heterocycles. The van der Waals surface area contributed by atoms with Crippen LogP contribution in [-0.2, 0) is 17.9 Å². The van der Waals surface area contributed by atoms with Gasteiger partial charge in [0.1, 0.15) is 0 Å². The molecule has 0 amide bonds. The van der Waals surface area contributed by atoms with Gasteiger partial charge in [-0.2, -0.15) is 4.98 Å². The lowest BCUT2D eigenvalue weighted by atomic mass is 10.2. The van der Waals surface area contributed by atoms with Gasteiger partial charge in [-0.25, -0.2) is 0 Å². The summed E-state index contributed by atoms with van der Waals surface area (Å²) in [6.07, 6.45) is 0.704. The van der Waals surface area contributed by atoms with Crippen molar-refractivity contribution in [2.75, 3.05) is 14.2 Å². The molecule has 1 N–H and O–H groups in total. The largest absolute Gasteiger partial charge is 0.490 e. The van der Waals surface area contributed by atoms with Crippen molar-refractivity contribution in [1.82, 2.24) is 15.5 Å². The molecule has 1 atom stereocenters. The molecule has 0 saturated carbocycles. The highest BCUT2D eigenvalue weighted by Gasteiger charge is 2.15. The number of ether oxygens (including phenoxy) is 1. The first-order valence-corrected chi connectivity index (χ1v) is 8.56. The molecule has 0 aliphatic carbocycles. The number of hydrogen-bond acceptors (Lipinski definition) is 8. The number of nitrogens with zero attached hydrogens (tertiary/aromatic N) is 3. The minimum Gasteiger partial charge on any atom is -0.490 e. The molecule has 1 unspecified atom stereocenters. The zero-order chi connectivity index (χ0) is 17.5. The van der Waals surface area contributed by atoms with Crippen molar-refractivity contribution in [2.45, 2.75) is 30.9 Å². The number of rotatable bonds is 9. The molecule has 0 saturated heterocycles. The van der Waals surface area contributed by atoms with Crippen LogP contribution < -0.4 is 10.1 Å². The first-order valence-electron chi connectivity index (χ1n) is 7.41. The van der Waals surface area contributed by atoms with E-state index in [1.807, 2.05) is 20.0 Å². The number of nitro groups is 1. The fourth-order valence-electron chi connectivity index (χ4n) is 2.03. The van der Waals surface area contributed by atoms with E-state index in [1.165, 1.54) is 13.2 Å². The summed E-state index contributed by atoms with van der Waals surface area (Å²) in [6, 6.07) is 5.23. The SMILES string of the molecule is CNC(C)Cc1noc(CSCc2ccc(OC)c([N+](=O)[O-])c2)n1. The second kappa shape index (κ2) is 8.65. The number of nitrogens with one attached hydrogen (secondary N) is 1. The third kappa shape index (κ3) is 4.93. The van der Waals surface area contributed by atoms with Crippen molar-refractivity contribution in [2.24, 2.45) is 0 Å². The van der Waals surface area contributed by atoms with E-state index in [0.717, 1.165) is 5.56 Å². The van der Waals surface area contributed by atoms with Crippen LogP contribution in [0.1, 0.15) is 24.2 Å². The predicted octanol–water partition coefficient (Wildman–Crippen LogP) is 2.57. The quantitative estimate of drug-likeness (QED) is 0.542. The molecular weight excluding hydrogens is 332 g/mol. The van der Waals surface area contributed by atoms with Gasteiger partial charge in [-0.3, -0.25) is 10.1 Å². The van der Waals surface area contributed by atoms with Crippen LogP contribution >= 0.6 is 11.8 Å². The summed E-state index contributed by atoms with van der Waals surface area (Å²) >= 11 is 1.56. The molecule has 0 bridgehead atoms. The van der Waals surface area contributed by atoms with Gasteiger partial charge in [0, 0.05) is 24.3 Å². The lowest BCUT2D eigenvalue weighted by Crippen LogP contribution is -2.24. The van der Waals surface area contributed by atoms with E-state index < -0.39 is 4.92 Å². The summed E-state index contributed by atoms with van der Waals surface area (Å²) in [7, 11) is 3.30. The van der Waals surface area contributed by atoms with Crippen LogP contribution in [0.4, 0.5) is 5.69 Å². The van der Waals surface area contributed by atoms with Crippen LogP contribution in [0.25, 0.3) is 0 Å². The van der Waals surface area contributed by atoms with Crippen molar-refractivity contribution in [1.29, 1.82) is 0 Å². The number of likely N-dealkylation sites (N-methyl/N-ethyl adjacent to an activating group) is 1. The van der Waals surface area contributed by atoms with Crippen molar-refractivity contribution >= 4 is 17.4 Å². The Balaban J connectivity index is 1.90. The molecule has 8 nitrogen and oxygen atoms in total. The van der Waals surface area contributed by atoms with Crippen LogP contribution in [0.15, 0.2) is 22.7 Å². The Kier molecular flexibility index (Phi) is 6.56. The minimum absolute atomic E-state index is 0.0308. The summed E-state index contributed by atoms with van der Waals surface area (Å²) in [6.45, 7) is 2.04. The second-order valence-corrected chi connectivity index (χ2v) is 6.24. The number of thioether (sulfide) groups is 1. The molecule has 0 fully saturated rings. The Labute approximate surface area is 144 Å². The maximum atomic E-state index is 11.0. The van der Waals surface area contributed by atoms with Gasteiger partial charge < -0.3 is 14.6 Å².